The number of carbonyl (C=O) groups is 5. The molecule has 55 heavy (non-hydrogen) atoms. The van der Waals surface area contributed by atoms with Crippen molar-refractivity contribution in [1.29, 1.82) is 0 Å². The Morgan fingerprint density at radius 1 is 0.636 bits per heavy atom. The van der Waals surface area contributed by atoms with Crippen molar-refractivity contribution in [3.05, 3.63) is 200 Å². The molecule has 7 rings (SSSR count). The summed E-state index contributed by atoms with van der Waals surface area (Å²) in [6.45, 7) is 0. The third-order valence-corrected chi connectivity index (χ3v) is 10.8. The molecule has 0 heterocycles. The Morgan fingerprint density at radius 2 is 1.27 bits per heavy atom. The van der Waals surface area contributed by atoms with Crippen molar-refractivity contribution in [2.24, 2.45) is 0 Å². The van der Waals surface area contributed by atoms with Crippen molar-refractivity contribution in [3.63, 3.8) is 0 Å². The molecule has 3 N–H and O–H groups in total. The number of thioether (sulfide) groups is 1. The Bertz CT molecular complexity index is 2520. The van der Waals surface area contributed by atoms with Crippen LogP contribution in [0.25, 0.3) is 6.08 Å². The van der Waals surface area contributed by atoms with E-state index in [2.05, 4.69) is 16.0 Å². The number of fused-ring (bicyclic) bond motifs is 2. The van der Waals surface area contributed by atoms with Gasteiger partial charge in [0.2, 0.25) is 5.91 Å². The van der Waals surface area contributed by atoms with Crippen LogP contribution in [0.2, 0.25) is 10.0 Å². The molecule has 6 aromatic carbocycles. The maximum atomic E-state index is 14.2. The molecular weight excluding hydrogens is 753 g/mol. The maximum Gasteiger partial charge on any atom is 0.272 e. The van der Waals surface area contributed by atoms with Crippen LogP contribution in [0.4, 0.5) is 11.4 Å². The number of carbonyl (C=O) groups excluding carboxylic acids is 5. The fourth-order valence-corrected chi connectivity index (χ4v) is 7.51. The monoisotopic (exact) mass is 781 g/mol. The minimum atomic E-state index is -0.810. The normalized spacial score (nSPS) is 12.6. The molecule has 8 nitrogen and oxygen atoms in total. The van der Waals surface area contributed by atoms with Crippen molar-refractivity contribution in [1.82, 2.24) is 5.32 Å². The number of hydrogen-bond acceptors (Lipinski definition) is 6. The van der Waals surface area contributed by atoms with Gasteiger partial charge in [0.1, 0.15) is 10.9 Å². The summed E-state index contributed by atoms with van der Waals surface area (Å²) in [5.74, 6) is -2.20. The first kappa shape index (κ1) is 37.1. The zero-order valence-corrected chi connectivity index (χ0v) is 31.0. The fraction of sp³-hybridized carbons (Fsp3) is 0.0227. The molecule has 0 fully saturated rings. The van der Waals surface area contributed by atoms with Gasteiger partial charge in [0.05, 0.1) is 21.3 Å². The van der Waals surface area contributed by atoms with Gasteiger partial charge in [-0.25, -0.2) is 0 Å². The van der Waals surface area contributed by atoms with Crippen LogP contribution in [0.15, 0.2) is 156 Å². The lowest BCUT2D eigenvalue weighted by Crippen LogP contribution is -2.30. The molecule has 3 amide bonds. The number of nitrogens with one attached hydrogen (secondary N) is 3. The lowest BCUT2D eigenvalue weighted by molar-refractivity contribution is -0.116. The van der Waals surface area contributed by atoms with E-state index in [9.17, 15) is 24.0 Å². The van der Waals surface area contributed by atoms with E-state index in [1.54, 1.807) is 115 Å². The molecule has 0 spiro atoms. The maximum absolute atomic E-state index is 14.2. The van der Waals surface area contributed by atoms with E-state index < -0.39 is 23.0 Å². The van der Waals surface area contributed by atoms with Crippen molar-refractivity contribution in [2.45, 2.75) is 10.1 Å². The van der Waals surface area contributed by atoms with Crippen molar-refractivity contribution in [3.8, 4) is 0 Å². The summed E-state index contributed by atoms with van der Waals surface area (Å²) in [5.41, 5.74) is 2.95. The molecular formula is C44H29Cl2N3O5S. The molecule has 1 aliphatic rings. The molecule has 0 saturated heterocycles. The number of benzene rings is 6. The lowest BCUT2D eigenvalue weighted by atomic mass is 9.83. The molecule has 270 valence electrons. The molecule has 1 atom stereocenters. The van der Waals surface area contributed by atoms with E-state index in [0.717, 1.165) is 0 Å². The second kappa shape index (κ2) is 16.4. The van der Waals surface area contributed by atoms with Crippen molar-refractivity contribution >= 4 is 81.7 Å². The summed E-state index contributed by atoms with van der Waals surface area (Å²) in [6.07, 6.45) is 1.44. The van der Waals surface area contributed by atoms with Gasteiger partial charge >= 0.3 is 0 Å². The summed E-state index contributed by atoms with van der Waals surface area (Å²) >= 11 is 13.9. The average Bonchev–Trinajstić information content (AvgIpc) is 3.21. The lowest BCUT2D eigenvalue weighted by Gasteiger charge is -2.22. The predicted molar refractivity (Wildman–Crippen MR) is 217 cm³/mol. The van der Waals surface area contributed by atoms with Crippen LogP contribution in [-0.2, 0) is 9.59 Å². The highest BCUT2D eigenvalue weighted by molar-refractivity contribution is 8.00. The topological polar surface area (TPSA) is 121 Å². The zero-order chi connectivity index (χ0) is 38.5. The number of rotatable bonds is 10. The Morgan fingerprint density at radius 3 is 2.02 bits per heavy atom. The van der Waals surface area contributed by atoms with E-state index in [-0.39, 0.29) is 49.7 Å². The fourth-order valence-electron chi connectivity index (χ4n) is 6.06. The quantitative estimate of drug-likeness (QED) is 0.0939. The van der Waals surface area contributed by atoms with E-state index >= 15 is 0 Å². The third-order valence-electron chi connectivity index (χ3n) is 8.71. The molecule has 0 aliphatic heterocycles. The van der Waals surface area contributed by atoms with Gasteiger partial charge < -0.3 is 16.0 Å². The second-order valence-electron chi connectivity index (χ2n) is 12.3. The number of hydrogen-bond donors (Lipinski definition) is 3. The Kier molecular flexibility index (Phi) is 11.1. The first-order chi connectivity index (χ1) is 26.7. The summed E-state index contributed by atoms with van der Waals surface area (Å²) in [6, 6.07) is 40.9. The molecule has 0 saturated carbocycles. The summed E-state index contributed by atoms with van der Waals surface area (Å²) in [5, 5.41) is 8.15. The van der Waals surface area contributed by atoms with Gasteiger partial charge in [0.15, 0.2) is 11.6 Å². The van der Waals surface area contributed by atoms with Crippen LogP contribution >= 0.6 is 35.0 Å². The number of anilines is 2. The predicted octanol–water partition coefficient (Wildman–Crippen LogP) is 9.65. The standard InChI is InChI=1S/C44H29Cl2N3O5S/c45-34-22-9-16-28(38(34)46)24-36(49-42(52)27-14-5-2-6-15-27)43(53)47-29-17-10-18-30(25-29)55-41(26-12-3-1-4-13-26)44(54)48-35-23-11-21-33-37(35)40(51)32-20-8-7-19-31(32)39(33)50/h1-25,41H,(H,47,53)(H,48,54)(H,49,52)/b36-24+. The molecule has 0 bridgehead atoms. The first-order valence-electron chi connectivity index (χ1n) is 17.0. The van der Waals surface area contributed by atoms with Gasteiger partial charge in [-0.15, -0.1) is 11.8 Å². The minimum absolute atomic E-state index is 0.0838. The van der Waals surface area contributed by atoms with Gasteiger partial charge in [-0.05, 0) is 59.7 Å². The molecule has 1 unspecified atom stereocenters. The molecule has 0 radical (unpaired) electrons. The highest BCUT2D eigenvalue weighted by Crippen LogP contribution is 2.39. The van der Waals surface area contributed by atoms with Gasteiger partial charge in [0.25, 0.3) is 11.8 Å². The van der Waals surface area contributed by atoms with Crippen LogP contribution in [0.1, 0.15) is 58.6 Å². The summed E-state index contributed by atoms with van der Waals surface area (Å²) in [4.78, 5) is 68.7. The smallest absolute Gasteiger partial charge is 0.272 e. The Balaban J connectivity index is 1.15. The van der Waals surface area contributed by atoms with E-state index in [1.165, 1.54) is 17.8 Å². The van der Waals surface area contributed by atoms with E-state index in [0.29, 0.717) is 32.8 Å². The number of ketones is 2. The van der Waals surface area contributed by atoms with Crippen LogP contribution in [0, 0.1) is 0 Å². The molecule has 6 aromatic rings. The number of amides is 3. The average molecular weight is 783 g/mol. The van der Waals surface area contributed by atoms with Crippen LogP contribution < -0.4 is 16.0 Å². The molecule has 11 heteroatoms. The summed E-state index contributed by atoms with van der Waals surface area (Å²) < 4.78 is 0. The zero-order valence-electron chi connectivity index (χ0n) is 28.7. The van der Waals surface area contributed by atoms with Crippen LogP contribution in [-0.4, -0.2) is 29.3 Å². The van der Waals surface area contributed by atoms with E-state index in [1.807, 2.05) is 30.3 Å². The number of halogens is 2. The van der Waals surface area contributed by atoms with E-state index in [4.69, 9.17) is 23.2 Å². The third kappa shape index (κ3) is 8.14. The minimum Gasteiger partial charge on any atom is -0.324 e. The SMILES string of the molecule is O=C(Nc1cccc(SC(C(=O)Nc2cccc3c2C(=O)c2ccccc2C3=O)c2ccccc2)c1)/C(=C\c1cccc(Cl)c1Cl)NC(=O)c1ccccc1. The molecule has 1 aliphatic carbocycles. The van der Waals surface area contributed by atoms with Crippen molar-refractivity contribution in [2.75, 3.05) is 10.6 Å². The first-order valence-corrected chi connectivity index (χ1v) is 18.6. The Hall–Kier alpha value is -6.26. The van der Waals surface area contributed by atoms with Crippen LogP contribution in [0.3, 0.4) is 0 Å². The second-order valence-corrected chi connectivity index (χ2v) is 14.3. The summed E-state index contributed by atoms with van der Waals surface area (Å²) in [7, 11) is 0. The largest absolute Gasteiger partial charge is 0.324 e. The highest BCUT2D eigenvalue weighted by atomic mass is 35.5. The molecule has 0 aromatic heterocycles. The van der Waals surface area contributed by atoms with Gasteiger partial charge in [-0.1, -0.05) is 126 Å². The Labute approximate surface area is 330 Å². The van der Waals surface area contributed by atoms with Crippen molar-refractivity contribution < 1.29 is 24.0 Å². The highest BCUT2D eigenvalue weighted by Gasteiger charge is 2.33. The van der Waals surface area contributed by atoms with Gasteiger partial charge in [-0.2, -0.15) is 0 Å². The van der Waals surface area contributed by atoms with Gasteiger partial charge in [-0.3, -0.25) is 24.0 Å². The van der Waals surface area contributed by atoms with Crippen LogP contribution in [0.5, 0.6) is 0 Å². The van der Waals surface area contributed by atoms with Gasteiger partial charge in [0, 0.05) is 32.8 Å².